The van der Waals surface area contributed by atoms with Crippen molar-refractivity contribution < 1.29 is 4.28 Å². The first-order valence-electron chi connectivity index (χ1n) is 14.2. The quantitative estimate of drug-likeness (QED) is 0.224. The number of rotatable bonds is 8. The summed E-state index contributed by atoms with van der Waals surface area (Å²) in [6, 6.07) is 20.6. The zero-order valence-corrected chi connectivity index (χ0v) is 28.4. The van der Waals surface area contributed by atoms with Crippen molar-refractivity contribution in [3.05, 3.63) is 81.9 Å². The molecule has 0 nitrogen and oxygen atoms in total. The smallest absolute Gasteiger partial charge is 0 e. The van der Waals surface area contributed by atoms with Crippen molar-refractivity contribution >= 4 is 23.9 Å². The van der Waals surface area contributed by atoms with Gasteiger partial charge in [-0.2, -0.15) is 0 Å². The van der Waals surface area contributed by atoms with Crippen molar-refractivity contribution in [2.45, 2.75) is 119 Å². The molecule has 0 saturated heterocycles. The van der Waals surface area contributed by atoms with E-state index in [0.29, 0.717) is 35.5 Å². The SMILES string of the molecule is CC(C)c1cc(C(C)C)c(-c2[c]c(-c3c(C(C)C)cc(C(C)C)cc3C(C)C)ccc2)c(C(C)C)c1.[HH].[HH].[HH].[Sn]. The summed E-state index contributed by atoms with van der Waals surface area (Å²) in [4.78, 5) is 0. The zero-order valence-electron chi connectivity index (χ0n) is 25.5. The summed E-state index contributed by atoms with van der Waals surface area (Å²) < 4.78 is 0. The average molecular weight is 607 g/mol. The van der Waals surface area contributed by atoms with E-state index in [2.05, 4.69) is 132 Å². The van der Waals surface area contributed by atoms with Crippen LogP contribution in [-0.4, -0.2) is 23.9 Å². The van der Waals surface area contributed by atoms with Gasteiger partial charge in [0.1, 0.15) is 0 Å². The summed E-state index contributed by atoms with van der Waals surface area (Å²) in [7, 11) is 0. The average Bonchev–Trinajstić information content (AvgIpc) is 2.81. The molecule has 0 fully saturated rings. The Bertz CT molecular complexity index is 1060. The van der Waals surface area contributed by atoms with Crippen LogP contribution in [0.25, 0.3) is 22.3 Å². The van der Waals surface area contributed by atoms with Gasteiger partial charge >= 0.3 is 0 Å². The van der Waals surface area contributed by atoms with Crippen LogP contribution in [0.5, 0.6) is 0 Å². The van der Waals surface area contributed by atoms with Gasteiger partial charge in [0.25, 0.3) is 0 Å². The largest absolute Gasteiger partial charge is 0.0610 e. The molecule has 203 valence electrons. The van der Waals surface area contributed by atoms with Gasteiger partial charge in [0, 0.05) is 28.2 Å². The molecule has 0 spiro atoms. The van der Waals surface area contributed by atoms with Crippen molar-refractivity contribution in [3.63, 3.8) is 0 Å². The molecule has 1 heteroatoms. The zero-order chi connectivity index (χ0) is 26.9. The molecule has 3 aromatic carbocycles. The first-order chi connectivity index (χ1) is 16.8. The molecule has 0 aromatic heterocycles. The Labute approximate surface area is 250 Å². The Kier molecular flexibility index (Phi) is 11.1. The van der Waals surface area contributed by atoms with Crippen LogP contribution in [0.4, 0.5) is 0 Å². The summed E-state index contributed by atoms with van der Waals surface area (Å²) in [5.74, 6) is 2.86. The van der Waals surface area contributed by atoms with Gasteiger partial charge in [-0.15, -0.1) is 0 Å². The van der Waals surface area contributed by atoms with E-state index in [-0.39, 0.29) is 28.2 Å². The van der Waals surface area contributed by atoms with Crippen LogP contribution in [0.2, 0.25) is 0 Å². The van der Waals surface area contributed by atoms with E-state index < -0.39 is 0 Å². The molecule has 0 atom stereocenters. The normalized spacial score (nSPS) is 11.9. The third-order valence-corrected chi connectivity index (χ3v) is 7.60. The van der Waals surface area contributed by atoms with Crippen LogP contribution in [-0.2, 0) is 0 Å². The Hall–Kier alpha value is -1.54. The molecule has 5 radical (unpaired) electrons. The molecular formula is C36H55Sn. The van der Waals surface area contributed by atoms with Gasteiger partial charge in [0.05, 0.1) is 0 Å². The number of benzene rings is 3. The van der Waals surface area contributed by atoms with Crippen molar-refractivity contribution in [1.29, 1.82) is 0 Å². The fourth-order valence-corrected chi connectivity index (χ4v) is 5.29. The van der Waals surface area contributed by atoms with Gasteiger partial charge in [-0.05, 0) is 97.2 Å². The van der Waals surface area contributed by atoms with Gasteiger partial charge in [-0.25, -0.2) is 0 Å². The van der Waals surface area contributed by atoms with Crippen molar-refractivity contribution in [1.82, 2.24) is 0 Å². The van der Waals surface area contributed by atoms with Crippen LogP contribution >= 0.6 is 0 Å². The molecule has 0 aliphatic carbocycles. The minimum atomic E-state index is 0. The molecule has 0 saturated carbocycles. The van der Waals surface area contributed by atoms with Gasteiger partial charge < -0.3 is 0 Å². The van der Waals surface area contributed by atoms with Crippen molar-refractivity contribution in [2.75, 3.05) is 0 Å². The third kappa shape index (κ3) is 6.91. The Balaban J connectivity index is 0. The molecule has 0 N–H and O–H groups in total. The van der Waals surface area contributed by atoms with E-state index in [1.165, 1.54) is 55.6 Å². The first-order valence-corrected chi connectivity index (χ1v) is 14.2. The van der Waals surface area contributed by atoms with E-state index in [4.69, 9.17) is 0 Å². The predicted molar refractivity (Wildman–Crippen MR) is 173 cm³/mol. The monoisotopic (exact) mass is 607 g/mol. The molecule has 0 amide bonds. The molecule has 3 aromatic rings. The van der Waals surface area contributed by atoms with Gasteiger partial charge in [-0.1, -0.05) is 126 Å². The van der Waals surface area contributed by atoms with Crippen LogP contribution < -0.4 is 0 Å². The molecule has 0 aliphatic heterocycles. The third-order valence-electron chi connectivity index (χ3n) is 7.60. The number of hydrogen-bond donors (Lipinski definition) is 0. The molecule has 0 heterocycles. The van der Waals surface area contributed by atoms with Crippen LogP contribution in [0.1, 0.15) is 156 Å². The molecule has 0 aliphatic rings. The maximum Gasteiger partial charge on any atom is 0 e. The summed E-state index contributed by atoms with van der Waals surface area (Å²) >= 11 is 0. The Morgan fingerprint density at radius 3 is 0.946 bits per heavy atom. The molecule has 0 unspecified atom stereocenters. The second kappa shape index (κ2) is 13.0. The summed E-state index contributed by atoms with van der Waals surface area (Å²) in [6.45, 7) is 27.8. The molecule has 0 bridgehead atoms. The molecule has 3 rings (SSSR count). The first kappa shape index (κ1) is 31.7. The topological polar surface area (TPSA) is 0 Å². The van der Waals surface area contributed by atoms with E-state index in [1.54, 1.807) is 0 Å². The summed E-state index contributed by atoms with van der Waals surface area (Å²) in [6.07, 6.45) is 0. The van der Waals surface area contributed by atoms with E-state index in [9.17, 15) is 0 Å². The van der Waals surface area contributed by atoms with Crippen LogP contribution in [0.15, 0.2) is 42.5 Å². The van der Waals surface area contributed by atoms with Gasteiger partial charge in [0.2, 0.25) is 0 Å². The van der Waals surface area contributed by atoms with Crippen LogP contribution in [0, 0.1) is 6.07 Å². The predicted octanol–water partition coefficient (Wildman–Crippen LogP) is 11.9. The standard InChI is InChI=1S/C36H49.Sn.3H2/c1-21(2)29-17-31(23(5)6)35(32(18-29)24(7)8)27-14-13-15-28(16-27)36-33(25(9)10)19-30(22(3)4)20-34(36)26(11)12;;;;/h13-15,17-26H,1-12H3;;3*1H. The fraction of sp³-hybridized carbons (Fsp3) is 0.500. The maximum atomic E-state index is 3.96. The van der Waals surface area contributed by atoms with Gasteiger partial charge in [0.15, 0.2) is 0 Å². The second-order valence-electron chi connectivity index (χ2n) is 12.6. The summed E-state index contributed by atoms with van der Waals surface area (Å²) in [5, 5.41) is 0. The van der Waals surface area contributed by atoms with Crippen molar-refractivity contribution in [2.24, 2.45) is 0 Å². The Morgan fingerprint density at radius 2 is 0.730 bits per heavy atom. The van der Waals surface area contributed by atoms with Crippen molar-refractivity contribution in [3.8, 4) is 22.3 Å². The minimum Gasteiger partial charge on any atom is -0.0610 e. The van der Waals surface area contributed by atoms with E-state index >= 15 is 0 Å². The Morgan fingerprint density at radius 1 is 0.459 bits per heavy atom. The van der Waals surface area contributed by atoms with Gasteiger partial charge in [-0.3, -0.25) is 0 Å². The number of hydrogen-bond acceptors (Lipinski definition) is 0. The molecule has 37 heavy (non-hydrogen) atoms. The fourth-order valence-electron chi connectivity index (χ4n) is 5.29. The summed E-state index contributed by atoms with van der Waals surface area (Å²) in [5.41, 5.74) is 13.9. The second-order valence-corrected chi connectivity index (χ2v) is 12.6. The van der Waals surface area contributed by atoms with E-state index in [0.717, 1.165) is 0 Å². The minimum absolute atomic E-state index is 0. The van der Waals surface area contributed by atoms with E-state index in [1.807, 2.05) is 0 Å². The van der Waals surface area contributed by atoms with Crippen LogP contribution in [0.3, 0.4) is 0 Å². The maximum absolute atomic E-state index is 3.96. The molecular weight excluding hydrogens is 551 g/mol.